The molecule has 0 spiro atoms. The Bertz CT molecular complexity index is 250. The summed E-state index contributed by atoms with van der Waals surface area (Å²) in [7, 11) is 0. The monoisotopic (exact) mass is 184 g/mol. The number of hydrogen-bond donors (Lipinski definition) is 0. The molecule has 1 unspecified atom stereocenters. The van der Waals surface area contributed by atoms with Gasteiger partial charge in [0.15, 0.2) is 0 Å². The summed E-state index contributed by atoms with van der Waals surface area (Å²) >= 11 is -1.91. The molecular formula is C8H10NO2S-. The molecule has 4 heteroatoms. The second-order valence-corrected chi connectivity index (χ2v) is 3.49. The van der Waals surface area contributed by atoms with Gasteiger partial charge in [-0.3, -0.25) is 9.19 Å². The van der Waals surface area contributed by atoms with E-state index in [9.17, 15) is 8.76 Å². The molecule has 0 N–H and O–H groups in total. The van der Waals surface area contributed by atoms with Crippen LogP contribution < -0.4 is 0 Å². The van der Waals surface area contributed by atoms with Crippen molar-refractivity contribution in [3.05, 3.63) is 30.1 Å². The van der Waals surface area contributed by atoms with Gasteiger partial charge in [0.1, 0.15) is 0 Å². The van der Waals surface area contributed by atoms with Crippen LogP contribution in [0.2, 0.25) is 0 Å². The normalized spacial score (nSPS) is 12.8. The van der Waals surface area contributed by atoms with Gasteiger partial charge in [0.25, 0.3) is 0 Å². The van der Waals surface area contributed by atoms with Crippen LogP contribution in [-0.4, -0.2) is 19.5 Å². The standard InChI is InChI=1S/C8H11NO2S/c10-12(11)6-2-4-8-3-1-5-9-7-8/h1,3,5,7H,2,4,6H2,(H,10,11)/p-1. The molecule has 12 heavy (non-hydrogen) atoms. The van der Waals surface area contributed by atoms with Crippen LogP contribution in [0.1, 0.15) is 12.0 Å². The Morgan fingerprint density at radius 2 is 2.42 bits per heavy atom. The molecule has 3 nitrogen and oxygen atoms in total. The summed E-state index contributed by atoms with van der Waals surface area (Å²) in [4.78, 5) is 3.93. The van der Waals surface area contributed by atoms with Crippen LogP contribution in [0.4, 0.5) is 0 Å². The number of rotatable bonds is 4. The fraction of sp³-hybridized carbons (Fsp3) is 0.375. The average Bonchev–Trinajstić information content (AvgIpc) is 2.05. The topological polar surface area (TPSA) is 53.0 Å². The van der Waals surface area contributed by atoms with Crippen LogP contribution in [0.5, 0.6) is 0 Å². The summed E-state index contributed by atoms with van der Waals surface area (Å²) in [6.45, 7) is 0. The summed E-state index contributed by atoms with van der Waals surface area (Å²) in [5.74, 6) is 0.231. The molecule has 1 aromatic rings. The minimum Gasteiger partial charge on any atom is -0.772 e. The second kappa shape index (κ2) is 5.00. The second-order valence-electron chi connectivity index (χ2n) is 2.47. The van der Waals surface area contributed by atoms with E-state index in [4.69, 9.17) is 0 Å². The Morgan fingerprint density at radius 3 is 3.00 bits per heavy atom. The summed E-state index contributed by atoms with van der Waals surface area (Å²) < 4.78 is 20.3. The quantitative estimate of drug-likeness (QED) is 0.653. The fourth-order valence-electron chi connectivity index (χ4n) is 0.940. The van der Waals surface area contributed by atoms with Gasteiger partial charge in [-0.25, -0.2) is 0 Å². The predicted molar refractivity (Wildman–Crippen MR) is 46.3 cm³/mol. The van der Waals surface area contributed by atoms with E-state index in [0.717, 1.165) is 12.0 Å². The van der Waals surface area contributed by atoms with Gasteiger partial charge in [0.05, 0.1) is 0 Å². The largest absolute Gasteiger partial charge is 0.772 e. The van der Waals surface area contributed by atoms with Crippen LogP contribution in [-0.2, 0) is 17.5 Å². The minimum absolute atomic E-state index is 0.231. The van der Waals surface area contributed by atoms with Gasteiger partial charge < -0.3 is 4.55 Å². The third kappa shape index (κ3) is 3.59. The molecule has 0 radical (unpaired) electrons. The van der Waals surface area contributed by atoms with Gasteiger partial charge in [-0.1, -0.05) is 17.1 Å². The third-order valence-corrected chi connectivity index (χ3v) is 2.12. The van der Waals surface area contributed by atoms with Crippen molar-refractivity contribution in [1.29, 1.82) is 0 Å². The van der Waals surface area contributed by atoms with Crippen LogP contribution in [0.15, 0.2) is 24.5 Å². The van der Waals surface area contributed by atoms with Gasteiger partial charge in [-0.15, -0.1) is 0 Å². The summed E-state index contributed by atoms with van der Waals surface area (Å²) in [6.07, 6.45) is 4.91. The highest BCUT2D eigenvalue weighted by atomic mass is 32.2. The van der Waals surface area contributed by atoms with Crippen molar-refractivity contribution in [1.82, 2.24) is 4.98 Å². The SMILES string of the molecule is O=S([O-])CCCc1cccnc1. The van der Waals surface area contributed by atoms with E-state index in [1.165, 1.54) is 0 Å². The lowest BCUT2D eigenvalue weighted by atomic mass is 10.2. The Morgan fingerprint density at radius 1 is 1.58 bits per heavy atom. The maximum atomic E-state index is 10.2. The lowest BCUT2D eigenvalue weighted by Gasteiger charge is -2.03. The molecule has 0 aliphatic rings. The zero-order valence-corrected chi connectivity index (χ0v) is 7.42. The van der Waals surface area contributed by atoms with Crippen LogP contribution in [0.25, 0.3) is 0 Å². The lowest BCUT2D eigenvalue weighted by molar-refractivity contribution is 0.535. The van der Waals surface area contributed by atoms with E-state index < -0.39 is 11.1 Å². The Hall–Kier alpha value is -0.740. The van der Waals surface area contributed by atoms with E-state index in [1.54, 1.807) is 12.4 Å². The molecule has 0 aliphatic heterocycles. The molecule has 0 aliphatic carbocycles. The van der Waals surface area contributed by atoms with Crippen molar-refractivity contribution in [2.45, 2.75) is 12.8 Å². The molecule has 0 aromatic carbocycles. The smallest absolute Gasteiger partial charge is 0.0299 e. The lowest BCUT2D eigenvalue weighted by Crippen LogP contribution is -1.97. The first-order chi connectivity index (χ1) is 5.79. The molecule has 0 saturated carbocycles. The minimum atomic E-state index is -1.91. The van der Waals surface area contributed by atoms with Crippen LogP contribution in [0.3, 0.4) is 0 Å². The van der Waals surface area contributed by atoms with Crippen LogP contribution >= 0.6 is 0 Å². The molecule has 0 bridgehead atoms. The van der Waals surface area contributed by atoms with Crippen LogP contribution in [0, 0.1) is 0 Å². The summed E-state index contributed by atoms with van der Waals surface area (Å²) in [5, 5.41) is 0. The van der Waals surface area contributed by atoms with E-state index in [-0.39, 0.29) is 5.75 Å². The number of nitrogens with zero attached hydrogens (tertiary/aromatic N) is 1. The summed E-state index contributed by atoms with van der Waals surface area (Å²) in [5.41, 5.74) is 1.09. The Labute approximate surface area is 74.1 Å². The highest BCUT2D eigenvalue weighted by molar-refractivity contribution is 7.79. The highest BCUT2D eigenvalue weighted by Gasteiger charge is 1.91. The van der Waals surface area contributed by atoms with Gasteiger partial charge in [-0.2, -0.15) is 0 Å². The molecule has 66 valence electrons. The van der Waals surface area contributed by atoms with Crippen molar-refractivity contribution in [3.8, 4) is 0 Å². The molecule has 0 amide bonds. The Kier molecular flexibility index (Phi) is 3.90. The van der Waals surface area contributed by atoms with Gasteiger partial charge >= 0.3 is 0 Å². The van der Waals surface area contributed by atoms with Crippen molar-refractivity contribution in [3.63, 3.8) is 0 Å². The van der Waals surface area contributed by atoms with E-state index in [1.807, 2.05) is 12.1 Å². The zero-order valence-electron chi connectivity index (χ0n) is 6.60. The maximum Gasteiger partial charge on any atom is 0.0299 e. The highest BCUT2D eigenvalue weighted by Crippen LogP contribution is 2.00. The first kappa shape index (κ1) is 9.35. The molecular weight excluding hydrogens is 174 g/mol. The fourth-order valence-corrected chi connectivity index (χ4v) is 1.32. The van der Waals surface area contributed by atoms with E-state index in [2.05, 4.69) is 4.98 Å². The number of aromatic nitrogens is 1. The number of aryl methyl sites for hydroxylation is 1. The van der Waals surface area contributed by atoms with Gasteiger partial charge in [0, 0.05) is 18.1 Å². The molecule has 1 atom stereocenters. The molecule has 0 fully saturated rings. The van der Waals surface area contributed by atoms with Crippen molar-refractivity contribution < 1.29 is 8.76 Å². The third-order valence-electron chi connectivity index (χ3n) is 1.50. The Balaban J connectivity index is 2.29. The first-order valence-electron chi connectivity index (χ1n) is 3.74. The summed E-state index contributed by atoms with van der Waals surface area (Å²) in [6, 6.07) is 3.80. The van der Waals surface area contributed by atoms with Crippen molar-refractivity contribution >= 4 is 11.1 Å². The molecule has 1 heterocycles. The maximum absolute atomic E-state index is 10.2. The molecule has 0 saturated heterocycles. The van der Waals surface area contributed by atoms with Gasteiger partial charge in [0.2, 0.25) is 0 Å². The first-order valence-corrected chi connectivity index (χ1v) is 4.98. The molecule has 1 aromatic heterocycles. The zero-order chi connectivity index (χ0) is 8.81. The number of hydrogen-bond acceptors (Lipinski definition) is 3. The van der Waals surface area contributed by atoms with E-state index in [0.29, 0.717) is 6.42 Å². The number of pyridine rings is 1. The average molecular weight is 184 g/mol. The predicted octanol–water partition coefficient (Wildman–Crippen LogP) is 0.893. The van der Waals surface area contributed by atoms with Crippen molar-refractivity contribution in [2.24, 2.45) is 0 Å². The van der Waals surface area contributed by atoms with E-state index >= 15 is 0 Å². The van der Waals surface area contributed by atoms with Gasteiger partial charge in [-0.05, 0) is 24.5 Å². The molecule has 1 rings (SSSR count). The van der Waals surface area contributed by atoms with Crippen molar-refractivity contribution in [2.75, 3.05) is 5.75 Å².